The highest BCUT2D eigenvalue weighted by molar-refractivity contribution is 5.06. The third-order valence-corrected chi connectivity index (χ3v) is 4.81. The minimum Gasteiger partial charge on any atom is -0.361 e. The van der Waals surface area contributed by atoms with Crippen molar-refractivity contribution >= 4 is 0 Å². The molecule has 1 atom stereocenters. The smallest absolute Gasteiger partial charge is 0.133 e. The van der Waals surface area contributed by atoms with Crippen LogP contribution < -0.4 is 5.32 Å². The van der Waals surface area contributed by atoms with Gasteiger partial charge >= 0.3 is 0 Å². The number of hydrogen-bond donors (Lipinski definition) is 1. The summed E-state index contributed by atoms with van der Waals surface area (Å²) in [6, 6.07) is 2.69. The van der Waals surface area contributed by atoms with Crippen molar-refractivity contribution in [3.63, 3.8) is 0 Å². The lowest BCUT2D eigenvalue weighted by molar-refractivity contribution is 0.0699. The summed E-state index contributed by atoms with van der Waals surface area (Å²) in [5.74, 6) is 0.911. The quantitative estimate of drug-likeness (QED) is 0.909. The Kier molecular flexibility index (Phi) is 3.63. The van der Waals surface area contributed by atoms with Crippen LogP contribution in [0.2, 0.25) is 0 Å². The Morgan fingerprint density at radius 2 is 2.26 bits per heavy atom. The predicted octanol–water partition coefficient (Wildman–Crippen LogP) is 2.48. The van der Waals surface area contributed by atoms with Gasteiger partial charge < -0.3 is 9.84 Å². The van der Waals surface area contributed by atoms with Crippen LogP contribution in [0, 0.1) is 6.92 Å². The van der Waals surface area contributed by atoms with Crippen molar-refractivity contribution in [3.05, 3.63) is 17.5 Å². The lowest BCUT2D eigenvalue weighted by Gasteiger charge is -2.46. The molecule has 0 amide bonds. The lowest BCUT2D eigenvalue weighted by Crippen LogP contribution is -2.62. The molecular weight excluding hydrogens is 238 g/mol. The normalized spacial score (nSPS) is 27.2. The Morgan fingerprint density at radius 3 is 2.89 bits per heavy atom. The summed E-state index contributed by atoms with van der Waals surface area (Å²) in [6.45, 7) is 7.45. The van der Waals surface area contributed by atoms with Crippen LogP contribution in [0.25, 0.3) is 0 Å². The van der Waals surface area contributed by atoms with Crippen molar-refractivity contribution in [2.75, 3.05) is 13.1 Å². The fraction of sp³-hybridized carbons (Fsp3) is 0.800. The van der Waals surface area contributed by atoms with E-state index in [1.54, 1.807) is 0 Å². The van der Waals surface area contributed by atoms with Gasteiger partial charge in [-0.15, -0.1) is 0 Å². The summed E-state index contributed by atoms with van der Waals surface area (Å²) in [7, 11) is 0. The molecule has 1 aliphatic carbocycles. The highest BCUT2D eigenvalue weighted by Crippen LogP contribution is 2.34. The van der Waals surface area contributed by atoms with Crippen LogP contribution in [-0.4, -0.2) is 34.7 Å². The number of hydrogen-bond acceptors (Lipinski definition) is 4. The van der Waals surface area contributed by atoms with E-state index in [4.69, 9.17) is 4.52 Å². The van der Waals surface area contributed by atoms with Gasteiger partial charge in [-0.05, 0) is 26.2 Å². The third kappa shape index (κ3) is 2.70. The molecule has 0 radical (unpaired) electrons. The number of nitrogens with zero attached hydrogens (tertiary/aromatic N) is 2. The summed E-state index contributed by atoms with van der Waals surface area (Å²) in [5, 5.41) is 7.99. The first-order valence-electron chi connectivity index (χ1n) is 7.62. The Bertz CT molecular complexity index is 423. The minimum absolute atomic E-state index is 0.379. The molecule has 2 aliphatic rings. The van der Waals surface area contributed by atoms with Gasteiger partial charge in [0.15, 0.2) is 0 Å². The molecule has 1 aliphatic heterocycles. The van der Waals surface area contributed by atoms with Crippen molar-refractivity contribution < 1.29 is 4.52 Å². The summed E-state index contributed by atoms with van der Waals surface area (Å²) < 4.78 is 5.20. The topological polar surface area (TPSA) is 41.3 Å². The molecule has 1 saturated carbocycles. The van der Waals surface area contributed by atoms with Gasteiger partial charge in [-0.3, -0.25) is 4.90 Å². The van der Waals surface area contributed by atoms with E-state index in [0.717, 1.165) is 31.1 Å². The van der Waals surface area contributed by atoms with E-state index in [1.165, 1.54) is 32.1 Å². The number of aromatic nitrogens is 1. The van der Waals surface area contributed by atoms with Crippen LogP contribution >= 0.6 is 0 Å². The number of aryl methyl sites for hydroxylation is 1. The first kappa shape index (κ1) is 13.1. The molecule has 1 unspecified atom stereocenters. The Hall–Kier alpha value is -0.870. The summed E-state index contributed by atoms with van der Waals surface area (Å²) in [6.07, 6.45) is 6.61. The van der Waals surface area contributed by atoms with Crippen molar-refractivity contribution in [2.45, 2.75) is 64.1 Å². The summed E-state index contributed by atoms with van der Waals surface area (Å²) in [5.41, 5.74) is 1.45. The Morgan fingerprint density at radius 1 is 1.47 bits per heavy atom. The van der Waals surface area contributed by atoms with Gasteiger partial charge in [-0.2, -0.15) is 0 Å². The van der Waals surface area contributed by atoms with Crippen molar-refractivity contribution in [3.8, 4) is 0 Å². The van der Waals surface area contributed by atoms with E-state index in [-0.39, 0.29) is 0 Å². The van der Waals surface area contributed by atoms with Gasteiger partial charge in [-0.1, -0.05) is 24.9 Å². The van der Waals surface area contributed by atoms with Crippen molar-refractivity contribution in [1.29, 1.82) is 0 Å². The van der Waals surface area contributed by atoms with Gasteiger partial charge in [-0.25, -0.2) is 0 Å². The maximum atomic E-state index is 5.20. The van der Waals surface area contributed by atoms with Crippen molar-refractivity contribution in [2.24, 2.45) is 0 Å². The minimum atomic E-state index is 0.379. The second-order valence-corrected chi connectivity index (χ2v) is 6.26. The molecule has 1 saturated heterocycles. The summed E-state index contributed by atoms with van der Waals surface area (Å²) in [4.78, 5) is 2.61. The molecule has 106 valence electrons. The van der Waals surface area contributed by atoms with Crippen LogP contribution in [0.1, 0.15) is 50.5 Å². The van der Waals surface area contributed by atoms with E-state index < -0.39 is 0 Å². The molecule has 1 aromatic heterocycles. The first-order chi connectivity index (χ1) is 9.21. The second kappa shape index (κ2) is 5.25. The predicted molar refractivity (Wildman–Crippen MR) is 74.9 cm³/mol. The fourth-order valence-corrected chi connectivity index (χ4v) is 3.71. The Balaban J connectivity index is 1.71. The second-order valence-electron chi connectivity index (χ2n) is 6.26. The van der Waals surface area contributed by atoms with E-state index in [0.29, 0.717) is 11.6 Å². The average Bonchev–Trinajstić information content (AvgIpc) is 3.00. The zero-order chi connectivity index (χ0) is 13.3. The molecule has 4 nitrogen and oxygen atoms in total. The number of rotatable bonds is 3. The zero-order valence-electron chi connectivity index (χ0n) is 12.1. The number of piperazine rings is 1. The maximum Gasteiger partial charge on any atom is 0.133 e. The van der Waals surface area contributed by atoms with E-state index in [9.17, 15) is 0 Å². The molecule has 1 aromatic rings. The zero-order valence-corrected chi connectivity index (χ0v) is 12.1. The monoisotopic (exact) mass is 263 g/mol. The fourth-order valence-electron chi connectivity index (χ4n) is 3.71. The highest BCUT2D eigenvalue weighted by atomic mass is 16.5. The number of nitrogens with one attached hydrogen (secondary N) is 1. The van der Waals surface area contributed by atoms with E-state index in [2.05, 4.69) is 28.4 Å². The van der Waals surface area contributed by atoms with Crippen LogP contribution in [0.3, 0.4) is 0 Å². The van der Waals surface area contributed by atoms with Crippen LogP contribution in [0.15, 0.2) is 10.6 Å². The molecule has 2 heterocycles. The van der Waals surface area contributed by atoms with Gasteiger partial charge in [0.05, 0.1) is 5.69 Å². The molecule has 0 aromatic carbocycles. The van der Waals surface area contributed by atoms with Gasteiger partial charge in [0.2, 0.25) is 0 Å². The van der Waals surface area contributed by atoms with Crippen LogP contribution in [0.4, 0.5) is 0 Å². The van der Waals surface area contributed by atoms with E-state index >= 15 is 0 Å². The standard InChI is InChI=1S/C15H25N3O/c1-3-14-9-16-15(6-4-5-7-15)11-18(14)10-13-8-12(2)19-17-13/h8,14,16H,3-7,9-11H2,1-2H3. The molecule has 4 heteroatoms. The SMILES string of the molecule is CCC1CNC2(CCCC2)CN1Cc1cc(C)on1. The lowest BCUT2D eigenvalue weighted by atomic mass is 9.91. The van der Waals surface area contributed by atoms with E-state index in [1.807, 2.05) is 6.92 Å². The average molecular weight is 263 g/mol. The first-order valence-corrected chi connectivity index (χ1v) is 7.62. The highest BCUT2D eigenvalue weighted by Gasteiger charge is 2.40. The molecule has 19 heavy (non-hydrogen) atoms. The summed E-state index contributed by atoms with van der Waals surface area (Å²) >= 11 is 0. The molecule has 3 rings (SSSR count). The largest absolute Gasteiger partial charge is 0.361 e. The molecule has 2 fully saturated rings. The van der Waals surface area contributed by atoms with Gasteiger partial charge in [0, 0.05) is 37.3 Å². The maximum absolute atomic E-state index is 5.20. The van der Waals surface area contributed by atoms with Crippen molar-refractivity contribution in [1.82, 2.24) is 15.4 Å². The molecule has 1 spiro atoms. The Labute approximate surface area is 115 Å². The van der Waals surface area contributed by atoms with Gasteiger partial charge in [0.1, 0.15) is 5.76 Å². The molecular formula is C15H25N3O. The van der Waals surface area contributed by atoms with Crippen LogP contribution in [-0.2, 0) is 6.54 Å². The van der Waals surface area contributed by atoms with Gasteiger partial charge in [0.25, 0.3) is 0 Å². The van der Waals surface area contributed by atoms with Crippen LogP contribution in [0.5, 0.6) is 0 Å². The molecule has 0 bridgehead atoms. The molecule has 1 N–H and O–H groups in total. The third-order valence-electron chi connectivity index (χ3n) is 4.81.